The minimum atomic E-state index is -1.39. The molecule has 0 heterocycles. The van der Waals surface area contributed by atoms with Gasteiger partial charge in [0.2, 0.25) is 0 Å². The number of aliphatic hydroxyl groups excluding tert-OH is 7. The quantitative estimate of drug-likeness (QED) is 0.251. The van der Waals surface area contributed by atoms with Gasteiger partial charge in [0, 0.05) is 11.1 Å². The molecule has 0 amide bonds. The molecule has 0 aliphatic rings. The Kier molecular flexibility index (Phi) is 8.35. The van der Waals surface area contributed by atoms with Gasteiger partial charge >= 0.3 is 0 Å². The highest BCUT2D eigenvalue weighted by molar-refractivity contribution is 5.39. The fourth-order valence-electron chi connectivity index (χ4n) is 2.84. The van der Waals surface area contributed by atoms with Gasteiger partial charge in [-0.05, 0) is 35.4 Å². The average Bonchev–Trinajstić information content (AvgIpc) is 2.76. The van der Waals surface area contributed by atoms with E-state index in [0.717, 1.165) is 0 Å². The van der Waals surface area contributed by atoms with E-state index in [4.69, 9.17) is 9.84 Å². The van der Waals surface area contributed by atoms with Gasteiger partial charge in [0.05, 0.1) is 26.4 Å². The number of hydrogen-bond acceptors (Lipinski definition) is 9. The molecule has 0 aliphatic heterocycles. The zero-order valence-corrected chi connectivity index (χ0v) is 15.6. The lowest BCUT2D eigenvalue weighted by molar-refractivity contribution is -0.0155. The van der Waals surface area contributed by atoms with E-state index in [1.54, 1.807) is 0 Å². The van der Waals surface area contributed by atoms with Crippen molar-refractivity contribution in [2.75, 3.05) is 13.2 Å². The summed E-state index contributed by atoms with van der Waals surface area (Å²) in [6, 6.07) is 8.32. The smallest absolute Gasteiger partial charge is 0.152 e. The minimum absolute atomic E-state index is 0.133. The third-order valence-corrected chi connectivity index (χ3v) is 4.57. The Labute approximate surface area is 167 Å². The van der Waals surface area contributed by atoms with Gasteiger partial charge in [-0.15, -0.1) is 0 Å². The first-order valence-electron chi connectivity index (χ1n) is 8.95. The van der Waals surface area contributed by atoms with Crippen LogP contribution in [-0.4, -0.2) is 66.3 Å². The van der Waals surface area contributed by atoms with Crippen LogP contribution < -0.4 is 4.74 Å². The Balaban J connectivity index is 2.25. The van der Waals surface area contributed by atoms with Gasteiger partial charge in [-0.3, -0.25) is 0 Å². The monoisotopic (exact) mass is 410 g/mol. The van der Waals surface area contributed by atoms with Crippen LogP contribution in [0.2, 0.25) is 0 Å². The summed E-state index contributed by atoms with van der Waals surface area (Å²) in [5.41, 5.74) is 0.985. The average molecular weight is 410 g/mol. The summed E-state index contributed by atoms with van der Waals surface area (Å²) in [6.07, 6.45) is -5.20. The molecule has 9 heteroatoms. The summed E-state index contributed by atoms with van der Waals surface area (Å²) < 4.78 is 5.65. The van der Waals surface area contributed by atoms with E-state index in [1.165, 1.54) is 36.4 Å². The van der Waals surface area contributed by atoms with E-state index in [-0.39, 0.29) is 28.2 Å². The molecule has 0 unspecified atom stereocenters. The van der Waals surface area contributed by atoms with Crippen molar-refractivity contribution in [2.24, 2.45) is 0 Å². The third-order valence-electron chi connectivity index (χ3n) is 4.57. The maximum absolute atomic E-state index is 10.6. The molecule has 2 rings (SSSR count). The highest BCUT2D eigenvalue weighted by Crippen LogP contribution is 2.30. The maximum atomic E-state index is 10.6. The second kappa shape index (κ2) is 10.5. The highest BCUT2D eigenvalue weighted by atomic mass is 16.5. The predicted octanol–water partition coefficient (Wildman–Crippen LogP) is -0.763. The van der Waals surface area contributed by atoms with Crippen LogP contribution in [0.3, 0.4) is 0 Å². The van der Waals surface area contributed by atoms with E-state index in [9.17, 15) is 35.7 Å². The molecule has 0 aromatic heterocycles. The van der Waals surface area contributed by atoms with Gasteiger partial charge < -0.3 is 45.6 Å². The van der Waals surface area contributed by atoms with Crippen LogP contribution >= 0.6 is 0 Å². The van der Waals surface area contributed by atoms with Crippen LogP contribution in [0.5, 0.6) is 11.5 Å². The molecule has 2 aromatic carbocycles. The number of benzene rings is 2. The molecule has 0 saturated carbocycles. The van der Waals surface area contributed by atoms with Gasteiger partial charge in [0.15, 0.2) is 6.10 Å². The molecular weight excluding hydrogens is 384 g/mol. The van der Waals surface area contributed by atoms with Crippen LogP contribution in [0.25, 0.3) is 0 Å². The van der Waals surface area contributed by atoms with Gasteiger partial charge in [0.25, 0.3) is 0 Å². The molecule has 160 valence electrons. The second-order valence-corrected chi connectivity index (χ2v) is 6.55. The maximum Gasteiger partial charge on any atom is 0.152 e. The van der Waals surface area contributed by atoms with E-state index in [2.05, 4.69) is 0 Å². The van der Waals surface area contributed by atoms with E-state index >= 15 is 0 Å². The molecule has 0 fully saturated rings. The summed E-state index contributed by atoms with van der Waals surface area (Å²) in [5.74, 6) is 0.00731. The number of aromatic hydroxyl groups is 1. The minimum Gasteiger partial charge on any atom is -0.508 e. The molecule has 0 aliphatic carbocycles. The number of ether oxygens (including phenoxy) is 1. The molecule has 0 radical (unpaired) electrons. The first-order valence-corrected chi connectivity index (χ1v) is 8.95. The number of phenols is 1. The summed E-state index contributed by atoms with van der Waals surface area (Å²) in [7, 11) is 0. The largest absolute Gasteiger partial charge is 0.508 e. The lowest BCUT2D eigenvalue weighted by atomic mass is 10.0. The topological polar surface area (TPSA) is 171 Å². The van der Waals surface area contributed by atoms with Crippen LogP contribution in [0.15, 0.2) is 36.4 Å². The first kappa shape index (κ1) is 23.0. The van der Waals surface area contributed by atoms with Crippen molar-refractivity contribution in [2.45, 2.75) is 37.6 Å². The summed E-state index contributed by atoms with van der Waals surface area (Å²) in [4.78, 5) is 0. The molecule has 0 bridgehead atoms. The summed E-state index contributed by atoms with van der Waals surface area (Å²) in [6.45, 7) is -2.13. The van der Waals surface area contributed by atoms with Crippen molar-refractivity contribution < 1.29 is 45.6 Å². The van der Waals surface area contributed by atoms with Crippen molar-refractivity contribution >= 4 is 0 Å². The molecule has 8 N–H and O–H groups in total. The molecule has 0 spiro atoms. The summed E-state index contributed by atoms with van der Waals surface area (Å²) >= 11 is 0. The second-order valence-electron chi connectivity index (χ2n) is 6.55. The van der Waals surface area contributed by atoms with Crippen molar-refractivity contribution in [1.29, 1.82) is 0 Å². The fourth-order valence-corrected chi connectivity index (χ4v) is 2.84. The Morgan fingerprint density at radius 2 is 1.31 bits per heavy atom. The van der Waals surface area contributed by atoms with Crippen LogP contribution in [0.1, 0.15) is 34.5 Å². The van der Waals surface area contributed by atoms with Crippen LogP contribution in [-0.2, 0) is 13.2 Å². The lowest BCUT2D eigenvalue weighted by Gasteiger charge is -2.25. The number of hydrogen-bond donors (Lipinski definition) is 8. The van der Waals surface area contributed by atoms with Crippen molar-refractivity contribution in [3.05, 3.63) is 58.7 Å². The molecule has 29 heavy (non-hydrogen) atoms. The number of rotatable bonds is 10. The highest BCUT2D eigenvalue weighted by Gasteiger charge is 2.25. The Bertz CT molecular complexity index is 796. The lowest BCUT2D eigenvalue weighted by Crippen LogP contribution is -2.29. The van der Waals surface area contributed by atoms with Gasteiger partial charge in [-0.25, -0.2) is 0 Å². The van der Waals surface area contributed by atoms with Gasteiger partial charge in [0.1, 0.15) is 29.8 Å². The van der Waals surface area contributed by atoms with Gasteiger partial charge in [-0.2, -0.15) is 0 Å². The zero-order chi connectivity index (χ0) is 21.6. The fraction of sp³-hybridized carbons (Fsp3) is 0.400. The van der Waals surface area contributed by atoms with Crippen molar-refractivity contribution in [1.82, 2.24) is 0 Å². The van der Waals surface area contributed by atoms with Crippen molar-refractivity contribution in [3.8, 4) is 11.5 Å². The Morgan fingerprint density at radius 3 is 1.90 bits per heavy atom. The van der Waals surface area contributed by atoms with Crippen LogP contribution in [0.4, 0.5) is 0 Å². The standard InChI is InChI=1S/C20H26O9/c21-7-13-5-12(1-3-15(13)25)20(28)18(10-24)29-17-4-2-11(6-14(17)8-22)19(27)16(26)9-23/h1-6,16,18-28H,7-10H2/t16-,18-,19-,20-/m1/s1. The molecule has 4 atom stereocenters. The SMILES string of the molecule is OCc1cc([C@@H](O)[C@@H](CO)Oc2ccc([C@@H](O)[C@H](O)CO)cc2CO)ccc1O. The predicted molar refractivity (Wildman–Crippen MR) is 101 cm³/mol. The number of aliphatic hydroxyl groups is 7. The normalized spacial score (nSPS) is 15.6. The third kappa shape index (κ3) is 5.43. The summed E-state index contributed by atoms with van der Waals surface area (Å²) in [5, 5.41) is 77.2. The zero-order valence-electron chi connectivity index (χ0n) is 15.6. The Hall–Kier alpha value is -2.24. The van der Waals surface area contributed by atoms with E-state index in [1.807, 2.05) is 0 Å². The Morgan fingerprint density at radius 1 is 0.724 bits per heavy atom. The van der Waals surface area contributed by atoms with E-state index in [0.29, 0.717) is 5.56 Å². The first-order chi connectivity index (χ1) is 13.9. The van der Waals surface area contributed by atoms with Crippen molar-refractivity contribution in [3.63, 3.8) is 0 Å². The molecule has 0 saturated heterocycles. The molecule has 2 aromatic rings. The molecule has 9 nitrogen and oxygen atoms in total. The van der Waals surface area contributed by atoms with E-state index < -0.39 is 50.8 Å². The van der Waals surface area contributed by atoms with Gasteiger partial charge in [-0.1, -0.05) is 12.1 Å². The van der Waals surface area contributed by atoms with Crippen LogP contribution in [0, 0.1) is 0 Å². The molecular formula is C20H26O9.